The van der Waals surface area contributed by atoms with Gasteiger partial charge in [-0.25, -0.2) is 0 Å². The summed E-state index contributed by atoms with van der Waals surface area (Å²) in [6.07, 6.45) is 2.17. The summed E-state index contributed by atoms with van der Waals surface area (Å²) >= 11 is 0. The second-order valence-electron chi connectivity index (χ2n) is 5.51. The molecule has 5 heteroatoms. The maximum absolute atomic E-state index is 11.3. The maximum Gasteiger partial charge on any atom is 0.258 e. The first kappa shape index (κ1) is 18.6. The first-order valence-corrected chi connectivity index (χ1v) is 10.3. The monoisotopic (exact) mass is 321 g/mol. The summed E-state index contributed by atoms with van der Waals surface area (Å²) in [6.45, 7) is 6.98. The standard InChI is InChI=1S/C11H14N2O2.C6H15Si/c12-8-2-1-3-10(6-8)15-7-11(14)13-9-4-5-9;1-4-7(5-2)6-3/h1-3,6,9H,4-5,7,12H2,(H,13,14);4-6H2,1-3H3. The van der Waals surface area contributed by atoms with Crippen LogP contribution in [0.25, 0.3) is 0 Å². The number of carbonyl (C=O) groups excluding carboxylic acids is 1. The Hall–Kier alpha value is -1.49. The highest BCUT2D eigenvalue weighted by atomic mass is 28.3. The molecule has 0 aliphatic heterocycles. The molecule has 0 bridgehead atoms. The first-order chi connectivity index (χ1) is 10.6. The Kier molecular flexibility index (Phi) is 8.66. The fourth-order valence-electron chi connectivity index (χ4n) is 2.00. The van der Waals surface area contributed by atoms with Gasteiger partial charge in [-0.2, -0.15) is 0 Å². The third-order valence-electron chi connectivity index (χ3n) is 3.67. The second-order valence-corrected chi connectivity index (χ2v) is 9.13. The third-order valence-corrected chi connectivity index (χ3v) is 6.67. The topological polar surface area (TPSA) is 64.3 Å². The van der Waals surface area contributed by atoms with Gasteiger partial charge in [-0.1, -0.05) is 45.0 Å². The zero-order valence-corrected chi connectivity index (χ0v) is 15.0. The fraction of sp³-hybridized carbons (Fsp3) is 0.588. The van der Waals surface area contributed by atoms with E-state index in [9.17, 15) is 4.79 Å². The molecule has 0 aromatic heterocycles. The Morgan fingerprint density at radius 2 is 1.91 bits per heavy atom. The van der Waals surface area contributed by atoms with Gasteiger partial charge in [0.2, 0.25) is 0 Å². The van der Waals surface area contributed by atoms with Gasteiger partial charge in [0.05, 0.1) is 0 Å². The van der Waals surface area contributed by atoms with E-state index in [2.05, 4.69) is 26.1 Å². The molecule has 123 valence electrons. The van der Waals surface area contributed by atoms with Crippen LogP contribution in [0, 0.1) is 0 Å². The summed E-state index contributed by atoms with van der Waals surface area (Å²) in [5.74, 6) is 0.556. The highest BCUT2D eigenvalue weighted by Crippen LogP contribution is 2.18. The number of benzene rings is 1. The van der Waals surface area contributed by atoms with Crippen LogP contribution in [0.2, 0.25) is 18.1 Å². The van der Waals surface area contributed by atoms with E-state index in [1.165, 1.54) is 18.1 Å². The van der Waals surface area contributed by atoms with Gasteiger partial charge < -0.3 is 15.8 Å². The van der Waals surface area contributed by atoms with Crippen LogP contribution in [0.5, 0.6) is 5.75 Å². The van der Waals surface area contributed by atoms with Crippen LogP contribution in [-0.2, 0) is 4.79 Å². The average Bonchev–Trinajstić information content (AvgIpc) is 3.32. The summed E-state index contributed by atoms with van der Waals surface area (Å²) in [7, 11) is 0.137. The zero-order valence-electron chi connectivity index (χ0n) is 14.0. The largest absolute Gasteiger partial charge is 0.484 e. The molecule has 1 aliphatic carbocycles. The summed E-state index contributed by atoms with van der Waals surface area (Å²) < 4.78 is 5.29. The zero-order chi connectivity index (χ0) is 16.4. The maximum atomic E-state index is 11.3. The number of carbonyl (C=O) groups is 1. The Balaban J connectivity index is 0.000000295. The Labute approximate surface area is 136 Å². The van der Waals surface area contributed by atoms with Crippen molar-refractivity contribution in [3.05, 3.63) is 24.3 Å². The van der Waals surface area contributed by atoms with Crippen LogP contribution in [0.3, 0.4) is 0 Å². The molecule has 1 aliphatic rings. The van der Waals surface area contributed by atoms with Crippen molar-refractivity contribution < 1.29 is 9.53 Å². The predicted octanol–water partition coefficient (Wildman–Crippen LogP) is 3.47. The lowest BCUT2D eigenvalue weighted by Gasteiger charge is -2.06. The number of anilines is 1. The van der Waals surface area contributed by atoms with E-state index < -0.39 is 0 Å². The van der Waals surface area contributed by atoms with Crippen LogP contribution < -0.4 is 15.8 Å². The minimum atomic E-state index is -0.0695. The number of hydrogen-bond acceptors (Lipinski definition) is 3. The molecule has 1 amide bonds. The molecule has 1 radical (unpaired) electrons. The Morgan fingerprint density at radius 3 is 2.36 bits per heavy atom. The van der Waals surface area contributed by atoms with Crippen molar-refractivity contribution in [3.8, 4) is 5.75 Å². The van der Waals surface area contributed by atoms with Crippen LogP contribution in [0.4, 0.5) is 5.69 Å². The van der Waals surface area contributed by atoms with Crippen molar-refractivity contribution in [2.75, 3.05) is 12.3 Å². The summed E-state index contributed by atoms with van der Waals surface area (Å²) in [5, 5.41) is 2.84. The highest BCUT2D eigenvalue weighted by molar-refractivity contribution is 6.58. The summed E-state index contributed by atoms with van der Waals surface area (Å²) in [5.41, 5.74) is 6.21. The van der Waals surface area contributed by atoms with E-state index in [1.54, 1.807) is 24.3 Å². The molecule has 0 spiro atoms. The van der Waals surface area contributed by atoms with Gasteiger partial charge in [0.1, 0.15) is 5.75 Å². The third kappa shape index (κ3) is 8.07. The van der Waals surface area contributed by atoms with E-state index in [4.69, 9.17) is 10.5 Å². The van der Waals surface area contributed by atoms with E-state index in [-0.39, 0.29) is 21.3 Å². The van der Waals surface area contributed by atoms with Gasteiger partial charge in [0.25, 0.3) is 5.91 Å². The highest BCUT2D eigenvalue weighted by Gasteiger charge is 2.23. The van der Waals surface area contributed by atoms with Crippen molar-refractivity contribution in [3.63, 3.8) is 0 Å². The number of amides is 1. The Bertz CT molecular complexity index is 441. The van der Waals surface area contributed by atoms with Crippen LogP contribution in [-0.4, -0.2) is 27.4 Å². The van der Waals surface area contributed by atoms with Crippen LogP contribution in [0.15, 0.2) is 24.3 Å². The molecule has 4 nitrogen and oxygen atoms in total. The van der Waals surface area contributed by atoms with Gasteiger partial charge >= 0.3 is 0 Å². The van der Waals surface area contributed by atoms with E-state index in [0.29, 0.717) is 17.5 Å². The van der Waals surface area contributed by atoms with Crippen molar-refractivity contribution in [1.82, 2.24) is 5.32 Å². The smallest absolute Gasteiger partial charge is 0.258 e. The predicted molar refractivity (Wildman–Crippen MR) is 94.7 cm³/mol. The molecule has 0 heterocycles. The molecule has 1 saturated carbocycles. The molecule has 3 N–H and O–H groups in total. The van der Waals surface area contributed by atoms with Crippen molar-refractivity contribution >= 4 is 20.4 Å². The van der Waals surface area contributed by atoms with Gasteiger partial charge in [-0.15, -0.1) is 0 Å². The average molecular weight is 322 g/mol. The van der Waals surface area contributed by atoms with Gasteiger partial charge in [0, 0.05) is 26.6 Å². The van der Waals surface area contributed by atoms with Crippen molar-refractivity contribution in [2.24, 2.45) is 0 Å². The van der Waals surface area contributed by atoms with E-state index in [0.717, 1.165) is 12.8 Å². The van der Waals surface area contributed by atoms with Gasteiger partial charge in [0.15, 0.2) is 6.61 Å². The number of rotatable bonds is 7. The molecule has 1 aromatic carbocycles. The number of nitrogens with one attached hydrogen (secondary N) is 1. The van der Waals surface area contributed by atoms with Crippen LogP contribution in [0.1, 0.15) is 33.6 Å². The quantitative estimate of drug-likeness (QED) is 0.597. The normalized spacial score (nSPS) is 13.3. The van der Waals surface area contributed by atoms with Crippen molar-refractivity contribution in [1.29, 1.82) is 0 Å². The SMILES string of the molecule is CC[Si](CC)CC.Nc1cccc(OCC(=O)NC2CC2)c1. The molecular formula is C17H29N2O2Si. The summed E-state index contributed by atoms with van der Waals surface area (Å²) in [4.78, 5) is 11.3. The molecule has 0 saturated heterocycles. The number of hydrogen-bond donors (Lipinski definition) is 2. The Morgan fingerprint density at radius 1 is 1.27 bits per heavy atom. The van der Waals surface area contributed by atoms with E-state index >= 15 is 0 Å². The fourth-order valence-corrected chi connectivity index (χ4v) is 3.50. The number of nitrogen functional groups attached to an aromatic ring is 1. The minimum Gasteiger partial charge on any atom is -0.484 e. The van der Waals surface area contributed by atoms with Gasteiger partial charge in [-0.3, -0.25) is 4.79 Å². The molecule has 1 aromatic rings. The molecule has 0 unspecified atom stereocenters. The van der Waals surface area contributed by atoms with Gasteiger partial charge in [-0.05, 0) is 25.0 Å². The van der Waals surface area contributed by atoms with Crippen molar-refractivity contribution in [2.45, 2.75) is 57.8 Å². The first-order valence-electron chi connectivity index (χ1n) is 8.20. The van der Waals surface area contributed by atoms with Crippen LogP contribution >= 0.6 is 0 Å². The molecule has 1 fully saturated rings. The molecule has 0 atom stereocenters. The lowest BCUT2D eigenvalue weighted by atomic mass is 10.3. The molecule has 2 rings (SSSR count). The number of ether oxygens (including phenoxy) is 1. The lowest BCUT2D eigenvalue weighted by Crippen LogP contribution is -2.30. The minimum absolute atomic E-state index is 0.0555. The van der Waals surface area contributed by atoms with E-state index in [1.807, 2.05) is 0 Å². The molecular weight excluding hydrogens is 292 g/mol. The summed E-state index contributed by atoms with van der Waals surface area (Å²) in [6, 6.07) is 11.8. The molecule has 22 heavy (non-hydrogen) atoms. The number of nitrogens with two attached hydrogens (primary N) is 1. The second kappa shape index (κ2) is 10.3. The lowest BCUT2D eigenvalue weighted by molar-refractivity contribution is -0.123.